The second-order valence-corrected chi connectivity index (χ2v) is 6.98. The van der Waals surface area contributed by atoms with Crippen LogP contribution >= 0.6 is 0 Å². The number of aryl methyl sites for hydroxylation is 1. The molecule has 0 unspecified atom stereocenters. The fraction of sp³-hybridized carbons (Fsp3) is 0.182. The van der Waals surface area contributed by atoms with E-state index >= 15 is 0 Å². The van der Waals surface area contributed by atoms with E-state index in [0.717, 1.165) is 11.3 Å². The van der Waals surface area contributed by atoms with Crippen molar-refractivity contribution in [2.75, 3.05) is 19.0 Å². The third kappa shape index (κ3) is 4.32. The number of halogens is 2. The second-order valence-electron chi connectivity index (χ2n) is 6.98. The number of rotatable bonds is 6. The number of amidine groups is 1. The molecule has 0 radical (unpaired) electrons. The van der Waals surface area contributed by atoms with Crippen LogP contribution in [0.4, 0.5) is 14.5 Å². The molecule has 3 N–H and O–H groups in total. The summed E-state index contributed by atoms with van der Waals surface area (Å²) >= 11 is 0. The quantitative estimate of drug-likeness (QED) is 0.444. The van der Waals surface area contributed by atoms with Crippen LogP contribution in [0.2, 0.25) is 0 Å². The number of benzene rings is 2. The first kappa shape index (κ1) is 21.0. The van der Waals surface area contributed by atoms with Crippen LogP contribution in [0.5, 0.6) is 23.3 Å². The van der Waals surface area contributed by atoms with Gasteiger partial charge in [0.1, 0.15) is 17.3 Å². The molecule has 8 heteroatoms. The summed E-state index contributed by atoms with van der Waals surface area (Å²) in [6.45, 7) is 3.08. The van der Waals surface area contributed by atoms with E-state index in [0.29, 0.717) is 5.75 Å². The zero-order valence-electron chi connectivity index (χ0n) is 17.1. The van der Waals surface area contributed by atoms with Crippen molar-refractivity contribution < 1.29 is 18.3 Å². The van der Waals surface area contributed by atoms with Gasteiger partial charge in [0.25, 0.3) is 11.8 Å². The zero-order chi connectivity index (χ0) is 22.0. The average molecular weight is 412 g/mol. The lowest BCUT2D eigenvalue weighted by atomic mass is 10.1. The molecule has 1 aromatic heterocycles. The number of nitrogens with one attached hydrogen (secondary N) is 1. The van der Waals surface area contributed by atoms with Crippen LogP contribution in [0.1, 0.15) is 16.7 Å². The van der Waals surface area contributed by atoms with Crippen molar-refractivity contribution in [1.29, 1.82) is 5.41 Å². The van der Waals surface area contributed by atoms with E-state index in [9.17, 15) is 8.78 Å². The van der Waals surface area contributed by atoms with Crippen molar-refractivity contribution in [3.05, 3.63) is 70.8 Å². The summed E-state index contributed by atoms with van der Waals surface area (Å²) < 4.78 is 40.5. The van der Waals surface area contributed by atoms with Gasteiger partial charge in [0.05, 0.1) is 5.56 Å². The van der Waals surface area contributed by atoms with Gasteiger partial charge in [-0.2, -0.15) is 4.98 Å². The van der Waals surface area contributed by atoms with E-state index in [-0.39, 0.29) is 22.7 Å². The van der Waals surface area contributed by atoms with Gasteiger partial charge < -0.3 is 20.1 Å². The van der Waals surface area contributed by atoms with Crippen LogP contribution in [-0.4, -0.2) is 24.9 Å². The minimum Gasteiger partial charge on any atom is -0.436 e. The maximum Gasteiger partial charge on any atom is 0.259 e. The molecule has 0 bridgehead atoms. The molecule has 0 atom stereocenters. The van der Waals surface area contributed by atoms with Crippen molar-refractivity contribution in [1.82, 2.24) is 4.98 Å². The Labute approximate surface area is 173 Å². The lowest BCUT2D eigenvalue weighted by Gasteiger charge is -2.16. The second kappa shape index (κ2) is 8.36. The van der Waals surface area contributed by atoms with Gasteiger partial charge in [-0.05, 0) is 43.7 Å². The molecule has 0 aliphatic heterocycles. The van der Waals surface area contributed by atoms with Gasteiger partial charge in [0.15, 0.2) is 11.6 Å². The number of pyridine rings is 1. The Balaban J connectivity index is 2.02. The van der Waals surface area contributed by atoms with Crippen LogP contribution in [0.15, 0.2) is 42.5 Å². The normalized spacial score (nSPS) is 10.6. The van der Waals surface area contributed by atoms with Crippen molar-refractivity contribution in [2.45, 2.75) is 13.8 Å². The number of ether oxygens (including phenoxy) is 2. The molecular formula is C22H22F2N4O2. The Morgan fingerprint density at radius 1 is 1.00 bits per heavy atom. The number of nitrogens with zero attached hydrogens (tertiary/aromatic N) is 2. The van der Waals surface area contributed by atoms with Crippen LogP contribution in [0, 0.1) is 30.9 Å². The molecule has 0 saturated carbocycles. The van der Waals surface area contributed by atoms with Gasteiger partial charge in [-0.25, -0.2) is 8.78 Å². The third-order valence-electron chi connectivity index (χ3n) is 4.42. The Morgan fingerprint density at radius 2 is 1.67 bits per heavy atom. The highest BCUT2D eigenvalue weighted by Gasteiger charge is 2.22. The third-order valence-corrected chi connectivity index (χ3v) is 4.42. The summed E-state index contributed by atoms with van der Waals surface area (Å²) in [4.78, 5) is 5.77. The molecule has 1 heterocycles. The summed E-state index contributed by atoms with van der Waals surface area (Å²) in [5.74, 6) is -2.55. The smallest absolute Gasteiger partial charge is 0.259 e. The maximum atomic E-state index is 14.7. The number of hydrogen-bond acceptors (Lipinski definition) is 5. The molecule has 30 heavy (non-hydrogen) atoms. The molecule has 2 aromatic carbocycles. The van der Waals surface area contributed by atoms with Crippen molar-refractivity contribution in [3.8, 4) is 23.3 Å². The Kier molecular flexibility index (Phi) is 5.86. The molecule has 0 aliphatic carbocycles. The highest BCUT2D eigenvalue weighted by molar-refractivity contribution is 5.97. The lowest BCUT2D eigenvalue weighted by Crippen LogP contribution is -2.13. The number of nitrogens with two attached hydrogens (primary N) is 1. The van der Waals surface area contributed by atoms with E-state index in [1.165, 1.54) is 6.92 Å². The van der Waals surface area contributed by atoms with Gasteiger partial charge in [-0.1, -0.05) is 12.1 Å². The van der Waals surface area contributed by atoms with Gasteiger partial charge >= 0.3 is 0 Å². The Morgan fingerprint density at radius 3 is 2.30 bits per heavy atom. The van der Waals surface area contributed by atoms with Crippen molar-refractivity contribution in [2.24, 2.45) is 5.73 Å². The van der Waals surface area contributed by atoms with Crippen molar-refractivity contribution in [3.63, 3.8) is 0 Å². The van der Waals surface area contributed by atoms with Crippen LogP contribution in [0.25, 0.3) is 0 Å². The Bertz CT molecular complexity index is 1120. The minimum atomic E-state index is -0.960. The minimum absolute atomic E-state index is 0.139. The molecule has 0 fully saturated rings. The van der Waals surface area contributed by atoms with Gasteiger partial charge in [-0.15, -0.1) is 0 Å². The molecule has 0 spiro atoms. The van der Waals surface area contributed by atoms with Crippen LogP contribution < -0.4 is 20.1 Å². The molecule has 6 nitrogen and oxygen atoms in total. The molecule has 0 amide bonds. The first-order valence-corrected chi connectivity index (χ1v) is 9.11. The summed E-state index contributed by atoms with van der Waals surface area (Å²) in [5, 5.41) is 7.68. The summed E-state index contributed by atoms with van der Waals surface area (Å²) in [5.41, 5.74) is 7.21. The number of hydrogen-bond donors (Lipinski definition) is 2. The standard InChI is InChI=1S/C22H22F2N4O2/c1-12-8-9-16(20(25)26)17(10-12)30-22-19(24)13(2)18(23)21(27-22)29-15-7-5-6-14(11-15)28(3)4/h5-11H,1-4H3,(H3,25,26). The molecule has 3 rings (SSSR count). The van der Waals surface area contributed by atoms with Crippen LogP contribution in [-0.2, 0) is 0 Å². The Hall–Kier alpha value is -3.68. The lowest BCUT2D eigenvalue weighted by molar-refractivity contribution is 0.372. The summed E-state index contributed by atoms with van der Waals surface area (Å²) in [7, 11) is 3.72. The van der Waals surface area contributed by atoms with E-state index in [1.54, 1.807) is 36.4 Å². The van der Waals surface area contributed by atoms with Crippen molar-refractivity contribution >= 4 is 11.5 Å². The summed E-state index contributed by atoms with van der Waals surface area (Å²) in [6, 6.07) is 11.9. The first-order chi connectivity index (χ1) is 14.2. The SMILES string of the molecule is Cc1ccc(C(=N)N)c(Oc2nc(Oc3cccc(N(C)C)c3)c(F)c(C)c2F)c1. The number of nitrogen functional groups attached to an aromatic ring is 1. The van der Waals surface area contributed by atoms with E-state index in [1.807, 2.05) is 32.0 Å². The van der Waals surface area contributed by atoms with E-state index in [2.05, 4.69) is 4.98 Å². The molecule has 3 aromatic rings. The highest BCUT2D eigenvalue weighted by atomic mass is 19.1. The van der Waals surface area contributed by atoms with Gasteiger partial charge in [-0.3, -0.25) is 5.41 Å². The van der Waals surface area contributed by atoms with E-state index in [4.69, 9.17) is 20.6 Å². The van der Waals surface area contributed by atoms with E-state index < -0.39 is 23.4 Å². The highest BCUT2D eigenvalue weighted by Crippen LogP contribution is 2.34. The predicted molar refractivity (Wildman–Crippen MR) is 112 cm³/mol. The van der Waals surface area contributed by atoms with Gasteiger partial charge in [0.2, 0.25) is 0 Å². The fourth-order valence-corrected chi connectivity index (χ4v) is 2.72. The first-order valence-electron chi connectivity index (χ1n) is 9.11. The fourth-order valence-electron chi connectivity index (χ4n) is 2.72. The molecular weight excluding hydrogens is 390 g/mol. The maximum absolute atomic E-state index is 14.7. The van der Waals surface area contributed by atoms with Crippen LogP contribution in [0.3, 0.4) is 0 Å². The summed E-state index contributed by atoms with van der Waals surface area (Å²) in [6.07, 6.45) is 0. The number of aromatic nitrogens is 1. The molecule has 0 aliphatic rings. The largest absolute Gasteiger partial charge is 0.436 e. The topological polar surface area (TPSA) is 84.5 Å². The zero-order valence-corrected chi connectivity index (χ0v) is 17.1. The average Bonchev–Trinajstić information content (AvgIpc) is 2.70. The van der Waals surface area contributed by atoms with Gasteiger partial charge in [0, 0.05) is 31.4 Å². The molecule has 156 valence electrons. The monoisotopic (exact) mass is 412 g/mol. The predicted octanol–water partition coefficient (Wildman–Crippen LogP) is 4.91. The number of anilines is 1. The molecule has 0 saturated heterocycles.